The molecule has 2 N–H and O–H groups in total. The second-order valence-corrected chi connectivity index (χ2v) is 18.7. The van der Waals surface area contributed by atoms with Gasteiger partial charge in [-0.1, -0.05) is 52.2 Å². The lowest BCUT2D eigenvalue weighted by atomic mass is 9.80. The van der Waals surface area contributed by atoms with E-state index in [0.717, 1.165) is 51.6 Å². The van der Waals surface area contributed by atoms with Crippen LogP contribution in [0.2, 0.25) is 18.1 Å². The van der Waals surface area contributed by atoms with Crippen LogP contribution < -0.4 is 0 Å². The minimum absolute atomic E-state index is 0.00777. The molecule has 1 aliphatic heterocycles. The number of aliphatic hydroxyl groups is 1. The van der Waals surface area contributed by atoms with Crippen LogP contribution in [0, 0.1) is 17.8 Å². The van der Waals surface area contributed by atoms with Gasteiger partial charge in [0.05, 0.1) is 12.2 Å². The summed E-state index contributed by atoms with van der Waals surface area (Å²) >= 11 is 0. The van der Waals surface area contributed by atoms with Crippen LogP contribution >= 0.6 is 0 Å². The van der Waals surface area contributed by atoms with Crippen LogP contribution in [-0.4, -0.2) is 55.7 Å². The number of allylic oxidation sites excluding steroid dienone is 2. The minimum atomic E-state index is -1.91. The number of aliphatic carboxylic acids is 1. The number of ether oxygens (including phenoxy) is 2. The number of carboxylic acid groups (broad SMARTS) is 1. The summed E-state index contributed by atoms with van der Waals surface area (Å²) < 4.78 is 19.7. The third kappa shape index (κ3) is 10.2. The maximum absolute atomic E-state index is 11.2. The summed E-state index contributed by atoms with van der Waals surface area (Å²) in [5.74, 6) is 0.303. The zero-order valence-corrected chi connectivity index (χ0v) is 26.5. The van der Waals surface area contributed by atoms with Crippen LogP contribution in [0.1, 0.15) is 117 Å². The van der Waals surface area contributed by atoms with Gasteiger partial charge < -0.3 is 24.1 Å². The maximum atomic E-state index is 11.2. The van der Waals surface area contributed by atoms with Crippen molar-refractivity contribution in [2.24, 2.45) is 17.8 Å². The number of carbonyl (C=O) groups is 1. The molecule has 0 aromatic rings. The number of unbranched alkanes of at least 4 members (excludes halogenated alkanes) is 1. The van der Waals surface area contributed by atoms with Crippen molar-refractivity contribution >= 4 is 14.3 Å². The average molecular weight is 567 g/mol. The third-order valence-corrected chi connectivity index (χ3v) is 14.5. The number of aliphatic hydroxyl groups excluding tert-OH is 1. The van der Waals surface area contributed by atoms with Gasteiger partial charge in [0.15, 0.2) is 14.6 Å². The van der Waals surface area contributed by atoms with E-state index in [0.29, 0.717) is 18.8 Å². The topological polar surface area (TPSA) is 85.2 Å². The molecule has 6 nitrogen and oxygen atoms in total. The quantitative estimate of drug-likeness (QED) is 0.127. The summed E-state index contributed by atoms with van der Waals surface area (Å²) in [5.41, 5.74) is 0. The van der Waals surface area contributed by atoms with E-state index >= 15 is 0 Å². The van der Waals surface area contributed by atoms with Crippen LogP contribution in [0.15, 0.2) is 12.2 Å². The number of hydrogen-bond acceptors (Lipinski definition) is 5. The first kappa shape index (κ1) is 32.8. The monoisotopic (exact) mass is 566 g/mol. The van der Waals surface area contributed by atoms with Crippen molar-refractivity contribution in [1.82, 2.24) is 0 Å². The van der Waals surface area contributed by atoms with Crippen molar-refractivity contribution in [3.63, 3.8) is 0 Å². The zero-order valence-electron chi connectivity index (χ0n) is 25.5. The molecule has 2 aliphatic carbocycles. The molecular formula is C32H58O6Si. The highest BCUT2D eigenvalue weighted by Gasteiger charge is 2.45. The predicted octanol–water partition coefficient (Wildman–Crippen LogP) is 7.85. The molecule has 3 rings (SSSR count). The SMILES string of the molecule is CC(C)(C)[Si](C)(C)O[C@@H](CC[C@H]1C(OC2CCCCO2)C[C@H](O)[C@@H]1C/C=C\CCCC(=O)O)C1CCCCC1. The molecule has 7 heteroatoms. The summed E-state index contributed by atoms with van der Waals surface area (Å²) in [6.45, 7) is 12.5. The fraction of sp³-hybridized carbons (Fsp3) is 0.906. The minimum Gasteiger partial charge on any atom is -0.481 e. The Bertz CT molecular complexity index is 750. The first-order valence-corrected chi connectivity index (χ1v) is 18.9. The molecule has 39 heavy (non-hydrogen) atoms. The molecule has 3 fully saturated rings. The van der Waals surface area contributed by atoms with Crippen LogP contribution in [-0.2, 0) is 18.7 Å². The van der Waals surface area contributed by atoms with E-state index in [-0.39, 0.29) is 47.9 Å². The number of rotatable bonds is 14. The molecule has 0 aromatic heterocycles. The van der Waals surface area contributed by atoms with Gasteiger partial charge in [-0.3, -0.25) is 4.79 Å². The molecule has 3 aliphatic rings. The second kappa shape index (κ2) is 15.5. The van der Waals surface area contributed by atoms with E-state index in [1.165, 1.54) is 32.1 Å². The second-order valence-electron chi connectivity index (χ2n) is 14.0. The number of hydrogen-bond donors (Lipinski definition) is 2. The average Bonchev–Trinajstić information content (AvgIpc) is 3.17. The van der Waals surface area contributed by atoms with Crippen molar-refractivity contribution in [3.05, 3.63) is 12.2 Å². The van der Waals surface area contributed by atoms with E-state index in [1.807, 2.05) is 0 Å². The van der Waals surface area contributed by atoms with Crippen molar-refractivity contribution < 1.29 is 28.9 Å². The molecule has 0 amide bonds. The van der Waals surface area contributed by atoms with Gasteiger partial charge in [0.1, 0.15) is 0 Å². The van der Waals surface area contributed by atoms with Crippen LogP contribution in [0.5, 0.6) is 0 Å². The largest absolute Gasteiger partial charge is 0.481 e. The van der Waals surface area contributed by atoms with Gasteiger partial charge in [-0.2, -0.15) is 0 Å². The predicted molar refractivity (Wildman–Crippen MR) is 159 cm³/mol. The van der Waals surface area contributed by atoms with Gasteiger partial charge in [-0.25, -0.2) is 0 Å². The first-order valence-electron chi connectivity index (χ1n) is 16.0. The standard InChI is InChI=1S/C32H58O6Si/c1-32(2,3)39(4,5)38-28(24-15-9-8-10-16-24)21-20-26-25(17-11-6-7-12-18-30(34)35)27(33)23-29(26)37-31-19-13-14-22-36-31/h6,11,24-29,31,33H,7-10,12-23H2,1-5H3,(H,34,35)/b11-6-/t25-,26-,27+,28+,29?,31?/m1/s1. The normalized spacial score (nSPS) is 30.2. The van der Waals surface area contributed by atoms with Crippen molar-refractivity contribution in [2.45, 2.75) is 160 Å². The smallest absolute Gasteiger partial charge is 0.303 e. The van der Waals surface area contributed by atoms with Gasteiger partial charge in [0.25, 0.3) is 0 Å². The Kier molecular flexibility index (Phi) is 13.0. The van der Waals surface area contributed by atoms with Gasteiger partial charge in [-0.15, -0.1) is 0 Å². The van der Waals surface area contributed by atoms with Crippen molar-refractivity contribution in [1.29, 1.82) is 0 Å². The Labute approximate surface area is 239 Å². The molecule has 226 valence electrons. The third-order valence-electron chi connectivity index (χ3n) is 10.0. The molecule has 6 atom stereocenters. The Morgan fingerprint density at radius 2 is 1.77 bits per heavy atom. The summed E-state index contributed by atoms with van der Waals surface area (Å²) in [6.07, 6.45) is 18.8. The van der Waals surface area contributed by atoms with Crippen LogP contribution in [0.4, 0.5) is 0 Å². The molecule has 0 aromatic carbocycles. The fourth-order valence-corrected chi connectivity index (χ4v) is 8.02. The lowest BCUT2D eigenvalue weighted by Crippen LogP contribution is -2.46. The van der Waals surface area contributed by atoms with E-state index in [9.17, 15) is 9.90 Å². The zero-order chi connectivity index (χ0) is 28.5. The van der Waals surface area contributed by atoms with Crippen LogP contribution in [0.25, 0.3) is 0 Å². The van der Waals surface area contributed by atoms with Crippen LogP contribution in [0.3, 0.4) is 0 Å². The molecular weight excluding hydrogens is 508 g/mol. The van der Waals surface area contributed by atoms with Crippen molar-refractivity contribution in [2.75, 3.05) is 6.61 Å². The highest BCUT2D eigenvalue weighted by molar-refractivity contribution is 6.74. The van der Waals surface area contributed by atoms with Gasteiger partial charge in [0.2, 0.25) is 0 Å². The molecule has 0 bridgehead atoms. The maximum Gasteiger partial charge on any atom is 0.303 e. The molecule has 1 saturated heterocycles. The lowest BCUT2D eigenvalue weighted by molar-refractivity contribution is -0.196. The Morgan fingerprint density at radius 3 is 2.41 bits per heavy atom. The van der Waals surface area contributed by atoms with Gasteiger partial charge in [0, 0.05) is 25.6 Å². The van der Waals surface area contributed by atoms with E-state index in [1.54, 1.807) is 0 Å². The van der Waals surface area contributed by atoms with E-state index < -0.39 is 14.3 Å². The van der Waals surface area contributed by atoms with E-state index in [2.05, 4.69) is 46.0 Å². The van der Waals surface area contributed by atoms with Gasteiger partial charge in [-0.05, 0) is 100 Å². The first-order chi connectivity index (χ1) is 18.5. The molecule has 2 saturated carbocycles. The summed E-state index contributed by atoms with van der Waals surface area (Å²) in [4.78, 5) is 10.8. The van der Waals surface area contributed by atoms with Crippen molar-refractivity contribution in [3.8, 4) is 0 Å². The summed E-state index contributed by atoms with van der Waals surface area (Å²) in [6, 6.07) is 0. The summed E-state index contributed by atoms with van der Waals surface area (Å²) in [7, 11) is -1.91. The molecule has 0 radical (unpaired) electrons. The number of carboxylic acids is 1. The Hall–Kier alpha value is -0.733. The molecule has 1 heterocycles. The van der Waals surface area contributed by atoms with Gasteiger partial charge >= 0.3 is 5.97 Å². The highest BCUT2D eigenvalue weighted by atomic mass is 28.4. The Morgan fingerprint density at radius 1 is 1.05 bits per heavy atom. The molecule has 2 unspecified atom stereocenters. The Balaban J connectivity index is 1.71. The fourth-order valence-electron chi connectivity index (χ4n) is 6.60. The van der Waals surface area contributed by atoms with E-state index in [4.69, 9.17) is 19.0 Å². The highest BCUT2D eigenvalue weighted by Crippen LogP contribution is 2.44. The molecule has 0 spiro atoms. The summed E-state index contributed by atoms with van der Waals surface area (Å²) in [5, 5.41) is 20.3. The lowest BCUT2D eigenvalue weighted by Gasteiger charge is -2.43.